The van der Waals surface area contributed by atoms with Gasteiger partial charge in [0.15, 0.2) is 0 Å². The number of para-hydroxylation sites is 1. The third kappa shape index (κ3) is 1.75. The lowest BCUT2D eigenvalue weighted by Crippen LogP contribution is -2.60. The lowest BCUT2D eigenvalue weighted by Gasteiger charge is -2.48. The summed E-state index contributed by atoms with van der Waals surface area (Å²) in [5.41, 5.74) is 1.84. The van der Waals surface area contributed by atoms with Crippen molar-refractivity contribution in [3.8, 4) is 0 Å². The molecule has 0 amide bonds. The molecule has 0 saturated carbocycles. The van der Waals surface area contributed by atoms with Gasteiger partial charge in [-0.1, -0.05) is 6.07 Å². The summed E-state index contributed by atoms with van der Waals surface area (Å²) in [6.45, 7) is 8.09. The Labute approximate surface area is 108 Å². The summed E-state index contributed by atoms with van der Waals surface area (Å²) in [6.07, 6.45) is 0. The zero-order chi connectivity index (χ0) is 12.7. The summed E-state index contributed by atoms with van der Waals surface area (Å²) in [7, 11) is 0. The first-order chi connectivity index (χ1) is 8.68. The highest BCUT2D eigenvalue weighted by Crippen LogP contribution is 2.38. The van der Waals surface area contributed by atoms with E-state index >= 15 is 0 Å². The van der Waals surface area contributed by atoms with Crippen LogP contribution in [0, 0.1) is 5.82 Å². The van der Waals surface area contributed by atoms with Crippen molar-refractivity contribution in [2.75, 3.05) is 36.0 Å². The summed E-state index contributed by atoms with van der Waals surface area (Å²) in [6, 6.07) is 6.21. The minimum absolute atomic E-state index is 0.0989. The Morgan fingerprint density at radius 3 is 3.00 bits per heavy atom. The molecule has 1 aromatic carbocycles. The van der Waals surface area contributed by atoms with Crippen LogP contribution in [0.5, 0.6) is 0 Å². The van der Waals surface area contributed by atoms with Crippen LogP contribution in [-0.2, 0) is 0 Å². The van der Waals surface area contributed by atoms with Gasteiger partial charge in [-0.15, -0.1) is 0 Å². The van der Waals surface area contributed by atoms with Gasteiger partial charge < -0.3 is 15.1 Å². The van der Waals surface area contributed by atoms with Crippen LogP contribution >= 0.6 is 0 Å². The summed E-state index contributed by atoms with van der Waals surface area (Å²) >= 11 is 0. The number of hydrogen-bond donors (Lipinski definition) is 1. The predicted octanol–water partition coefficient (Wildman–Crippen LogP) is 1.83. The van der Waals surface area contributed by atoms with Gasteiger partial charge in [-0.2, -0.15) is 0 Å². The molecule has 1 unspecified atom stereocenters. The van der Waals surface area contributed by atoms with Crippen molar-refractivity contribution in [3.05, 3.63) is 24.0 Å². The topological polar surface area (TPSA) is 18.5 Å². The van der Waals surface area contributed by atoms with Gasteiger partial charge in [0.2, 0.25) is 0 Å². The fourth-order valence-electron chi connectivity index (χ4n) is 3.05. The second kappa shape index (κ2) is 4.43. The second-order valence-corrected chi connectivity index (χ2v) is 5.41. The molecule has 2 heterocycles. The number of hydrogen-bond acceptors (Lipinski definition) is 3. The van der Waals surface area contributed by atoms with E-state index in [9.17, 15) is 4.39 Å². The number of fused-ring (bicyclic) bond motifs is 3. The molecule has 0 radical (unpaired) electrons. The van der Waals surface area contributed by atoms with E-state index in [1.54, 1.807) is 6.07 Å². The Morgan fingerprint density at radius 2 is 2.22 bits per heavy atom. The van der Waals surface area contributed by atoms with Gasteiger partial charge in [0.1, 0.15) is 5.82 Å². The van der Waals surface area contributed by atoms with Crippen LogP contribution in [0.25, 0.3) is 0 Å². The number of anilines is 2. The Bertz CT molecular complexity index is 447. The molecule has 4 heteroatoms. The predicted molar refractivity (Wildman–Crippen MR) is 72.9 cm³/mol. The number of halogens is 1. The van der Waals surface area contributed by atoms with Gasteiger partial charge in [0.05, 0.1) is 17.4 Å². The Hall–Kier alpha value is -1.29. The molecule has 0 spiro atoms. The molecule has 1 fully saturated rings. The smallest absolute Gasteiger partial charge is 0.148 e. The molecule has 98 valence electrons. The van der Waals surface area contributed by atoms with E-state index in [0.717, 1.165) is 37.6 Å². The van der Waals surface area contributed by atoms with Gasteiger partial charge in [0.25, 0.3) is 0 Å². The molecule has 0 aromatic heterocycles. The largest absolute Gasteiger partial charge is 0.363 e. The fourth-order valence-corrected chi connectivity index (χ4v) is 3.05. The van der Waals surface area contributed by atoms with Crippen LogP contribution in [0.1, 0.15) is 13.8 Å². The molecule has 18 heavy (non-hydrogen) atoms. The highest BCUT2D eigenvalue weighted by Gasteiger charge is 2.34. The SMILES string of the molecule is CC(C)N1CC2CNCCN2c2cccc(F)c21. The molecule has 1 aromatic rings. The lowest BCUT2D eigenvalue weighted by atomic mass is 10.0. The van der Waals surface area contributed by atoms with E-state index in [1.165, 1.54) is 0 Å². The van der Waals surface area contributed by atoms with Crippen molar-refractivity contribution >= 4 is 11.4 Å². The molecular formula is C14H20FN3. The molecular weight excluding hydrogens is 229 g/mol. The lowest BCUT2D eigenvalue weighted by molar-refractivity contribution is 0.443. The van der Waals surface area contributed by atoms with Crippen molar-refractivity contribution in [1.82, 2.24) is 5.32 Å². The minimum atomic E-state index is -0.0989. The third-order valence-corrected chi connectivity index (χ3v) is 3.94. The van der Waals surface area contributed by atoms with Crippen LogP contribution in [0.4, 0.5) is 15.8 Å². The molecule has 1 atom stereocenters. The first-order valence-corrected chi connectivity index (χ1v) is 6.71. The monoisotopic (exact) mass is 249 g/mol. The maximum absolute atomic E-state index is 14.2. The van der Waals surface area contributed by atoms with Crippen LogP contribution in [0.3, 0.4) is 0 Å². The number of rotatable bonds is 1. The average molecular weight is 249 g/mol. The number of benzene rings is 1. The van der Waals surface area contributed by atoms with Gasteiger partial charge in [-0.05, 0) is 26.0 Å². The maximum Gasteiger partial charge on any atom is 0.148 e. The van der Waals surface area contributed by atoms with Crippen LogP contribution in [0.2, 0.25) is 0 Å². The van der Waals surface area contributed by atoms with E-state index in [4.69, 9.17) is 0 Å². The van der Waals surface area contributed by atoms with Gasteiger partial charge in [0, 0.05) is 32.2 Å². The molecule has 3 nitrogen and oxygen atoms in total. The van der Waals surface area contributed by atoms with E-state index in [0.29, 0.717) is 12.1 Å². The summed E-state index contributed by atoms with van der Waals surface area (Å²) < 4.78 is 14.2. The first-order valence-electron chi connectivity index (χ1n) is 6.71. The van der Waals surface area contributed by atoms with Crippen molar-refractivity contribution in [2.24, 2.45) is 0 Å². The summed E-state index contributed by atoms with van der Waals surface area (Å²) in [4.78, 5) is 4.55. The number of piperazine rings is 1. The van der Waals surface area contributed by atoms with Crippen LogP contribution in [-0.4, -0.2) is 38.3 Å². The van der Waals surface area contributed by atoms with Gasteiger partial charge >= 0.3 is 0 Å². The maximum atomic E-state index is 14.2. The van der Waals surface area contributed by atoms with Crippen molar-refractivity contribution in [1.29, 1.82) is 0 Å². The van der Waals surface area contributed by atoms with E-state index in [1.807, 2.05) is 12.1 Å². The average Bonchev–Trinajstić information content (AvgIpc) is 2.38. The zero-order valence-electron chi connectivity index (χ0n) is 11.0. The summed E-state index contributed by atoms with van der Waals surface area (Å²) in [5.74, 6) is -0.0989. The molecule has 1 saturated heterocycles. The molecule has 2 aliphatic heterocycles. The molecule has 0 aliphatic carbocycles. The van der Waals surface area contributed by atoms with Crippen molar-refractivity contribution in [3.63, 3.8) is 0 Å². The van der Waals surface area contributed by atoms with Crippen LogP contribution < -0.4 is 15.1 Å². The number of nitrogens with one attached hydrogen (secondary N) is 1. The van der Waals surface area contributed by atoms with Crippen molar-refractivity contribution < 1.29 is 4.39 Å². The Morgan fingerprint density at radius 1 is 1.39 bits per heavy atom. The van der Waals surface area contributed by atoms with Crippen LogP contribution in [0.15, 0.2) is 18.2 Å². The summed E-state index contributed by atoms with van der Waals surface area (Å²) in [5, 5.41) is 3.43. The first kappa shape index (κ1) is 11.8. The molecule has 2 aliphatic rings. The van der Waals surface area contributed by atoms with E-state index in [-0.39, 0.29) is 5.82 Å². The highest BCUT2D eigenvalue weighted by atomic mass is 19.1. The quantitative estimate of drug-likeness (QED) is 0.819. The highest BCUT2D eigenvalue weighted by molar-refractivity contribution is 5.75. The third-order valence-electron chi connectivity index (χ3n) is 3.94. The second-order valence-electron chi connectivity index (χ2n) is 5.41. The van der Waals surface area contributed by atoms with Gasteiger partial charge in [-0.25, -0.2) is 4.39 Å². The fraction of sp³-hybridized carbons (Fsp3) is 0.571. The normalized spacial score (nSPS) is 23.0. The standard InChI is InChI=1S/C14H20FN3/c1-10(2)18-9-11-8-16-6-7-17(11)13-5-3-4-12(15)14(13)18/h3-5,10-11,16H,6-9H2,1-2H3. The molecule has 3 rings (SSSR count). The molecule has 1 N–H and O–H groups in total. The van der Waals surface area contributed by atoms with Gasteiger partial charge in [-0.3, -0.25) is 0 Å². The zero-order valence-corrected chi connectivity index (χ0v) is 11.0. The Kier molecular flexibility index (Phi) is 2.90. The number of nitrogens with zero attached hydrogens (tertiary/aromatic N) is 2. The van der Waals surface area contributed by atoms with E-state index < -0.39 is 0 Å². The minimum Gasteiger partial charge on any atom is -0.363 e. The van der Waals surface area contributed by atoms with Crippen molar-refractivity contribution in [2.45, 2.75) is 25.9 Å². The van der Waals surface area contributed by atoms with E-state index in [2.05, 4.69) is 29.0 Å². The Balaban J connectivity index is 2.08. The molecule has 0 bridgehead atoms.